The Hall–Kier alpha value is -1.20. The van der Waals surface area contributed by atoms with Gasteiger partial charge in [0.2, 0.25) is 0 Å². The minimum atomic E-state index is -4.16. The number of carbonyl (C=O) groups is 3. The minimum absolute atomic E-state index is 0.0824. The molecule has 0 aromatic rings. The Kier molecular flexibility index (Phi) is 48.4. The van der Waals surface area contributed by atoms with E-state index in [1.165, 1.54) is 193 Å². The summed E-state index contributed by atoms with van der Waals surface area (Å²) in [5, 5.41) is 12.8. The Morgan fingerprint density at radius 1 is 0.403 bits per heavy atom. The van der Waals surface area contributed by atoms with E-state index < -0.39 is 15.9 Å². The molecule has 0 saturated carbocycles. The first-order chi connectivity index (χ1) is 30.1. The Labute approximate surface area is 384 Å². The van der Waals surface area contributed by atoms with Crippen molar-refractivity contribution in [1.82, 2.24) is 5.32 Å². The van der Waals surface area contributed by atoms with Gasteiger partial charge in [-0.3, -0.25) is 28.4 Å². The third-order valence-electron chi connectivity index (χ3n) is 12.5. The van der Waals surface area contributed by atoms with Gasteiger partial charge in [0.25, 0.3) is 0 Å². The van der Waals surface area contributed by atoms with Crippen LogP contribution < -0.4 is 5.32 Å². The highest BCUT2D eigenvalue weighted by Gasteiger charge is 2.49. The first-order valence-corrected chi connectivity index (χ1v) is 27.9. The topological polar surface area (TPSA) is 147 Å². The molecule has 10 heteroatoms. The van der Waals surface area contributed by atoms with Crippen LogP contribution in [0.15, 0.2) is 0 Å². The molecule has 0 aromatic carbocycles. The molecule has 0 rings (SSSR count). The molecular formula is C52H103NO8S. The molecule has 0 saturated heterocycles. The summed E-state index contributed by atoms with van der Waals surface area (Å²) in [6.45, 7) is 6.68. The lowest BCUT2D eigenvalue weighted by Gasteiger charge is -2.31. The zero-order valence-corrected chi connectivity index (χ0v) is 42.2. The summed E-state index contributed by atoms with van der Waals surface area (Å²) in [4.78, 5) is 42.1. The second-order valence-corrected chi connectivity index (χ2v) is 19.4. The molecule has 0 atom stereocenters. The Bertz CT molecular complexity index is 996. The summed E-state index contributed by atoms with van der Waals surface area (Å²) in [6.07, 6.45) is 48.7. The fraction of sp³-hybridized carbons (Fsp3) is 0.942. The molecule has 0 bridgehead atoms. The summed E-state index contributed by atoms with van der Waals surface area (Å²) in [6, 6.07) is 0. The second kappa shape index (κ2) is 47.8. The first-order valence-electron chi connectivity index (χ1n) is 26.6. The highest BCUT2D eigenvalue weighted by molar-refractivity contribution is 7.80. The number of nitrogens with one attached hydrogen (secondary N) is 1. The van der Waals surface area contributed by atoms with Crippen LogP contribution in [0.4, 0.5) is 0 Å². The molecule has 370 valence electrons. The van der Waals surface area contributed by atoms with Crippen LogP contribution in [0.1, 0.15) is 290 Å². The second-order valence-electron chi connectivity index (χ2n) is 18.2. The van der Waals surface area contributed by atoms with E-state index in [1.807, 2.05) is 0 Å². The number of unbranched alkanes of at least 4 members (excludes halogenated alkanes) is 36. The van der Waals surface area contributed by atoms with Gasteiger partial charge >= 0.3 is 10.4 Å². The van der Waals surface area contributed by atoms with Gasteiger partial charge in [-0.05, 0) is 19.3 Å². The number of carbonyl (C=O) groups excluding carboxylic acids is 3. The molecule has 0 amide bonds. The van der Waals surface area contributed by atoms with Gasteiger partial charge in [0, 0.05) is 25.8 Å². The van der Waals surface area contributed by atoms with Crippen molar-refractivity contribution in [2.24, 2.45) is 0 Å². The maximum atomic E-state index is 14.0. The standard InChI is InChI=1S/C51H99NO4.CH4O4S/c1-4-7-10-13-16-19-22-25-28-31-34-37-40-43-48(54)51(52-46-47-53,49(55)44-41-38-35-32-29-26-23-20-17-14-11-8-5-2)50(56)45-42-39-36-33-30-27-24-21-18-15-12-9-6-3;1-5-6(2,3)4/h52-53H,4-47H2,1-3H3;1H3,(H,2,3,4). The van der Waals surface area contributed by atoms with E-state index in [9.17, 15) is 27.9 Å². The van der Waals surface area contributed by atoms with Crippen molar-refractivity contribution in [3.8, 4) is 0 Å². The Morgan fingerprint density at radius 2 is 0.581 bits per heavy atom. The number of aliphatic hydroxyl groups excluding tert-OH is 1. The molecule has 0 aromatic heterocycles. The van der Waals surface area contributed by atoms with E-state index in [1.54, 1.807) is 0 Å². The molecule has 0 fully saturated rings. The number of hydrogen-bond donors (Lipinski definition) is 3. The van der Waals surface area contributed by atoms with Crippen molar-refractivity contribution in [2.75, 3.05) is 20.3 Å². The van der Waals surface area contributed by atoms with Crippen LogP contribution >= 0.6 is 0 Å². The molecule has 0 unspecified atom stereocenters. The van der Waals surface area contributed by atoms with Crippen molar-refractivity contribution >= 4 is 27.7 Å². The highest BCUT2D eigenvalue weighted by atomic mass is 32.3. The van der Waals surface area contributed by atoms with Gasteiger partial charge in [-0.25, -0.2) is 0 Å². The summed E-state index contributed by atoms with van der Waals surface area (Å²) in [5.41, 5.74) is -1.78. The van der Waals surface area contributed by atoms with Crippen LogP contribution in [0, 0.1) is 0 Å². The van der Waals surface area contributed by atoms with Gasteiger partial charge in [-0.2, -0.15) is 8.42 Å². The van der Waals surface area contributed by atoms with Crippen LogP contribution in [-0.4, -0.2) is 61.2 Å². The van der Waals surface area contributed by atoms with Crippen LogP contribution in [0.5, 0.6) is 0 Å². The number of Topliss-reactive ketones (excluding diaryl/α,β-unsaturated/α-hetero) is 3. The van der Waals surface area contributed by atoms with Crippen molar-refractivity contribution < 1.29 is 36.6 Å². The average molecular weight is 902 g/mol. The lowest BCUT2D eigenvalue weighted by molar-refractivity contribution is -0.144. The van der Waals surface area contributed by atoms with Gasteiger partial charge in [0.1, 0.15) is 0 Å². The molecule has 9 nitrogen and oxygen atoms in total. The van der Waals surface area contributed by atoms with Crippen LogP contribution in [0.25, 0.3) is 0 Å². The van der Waals surface area contributed by atoms with Gasteiger partial charge in [-0.1, -0.05) is 252 Å². The lowest BCUT2D eigenvalue weighted by Crippen LogP contribution is -2.64. The van der Waals surface area contributed by atoms with E-state index in [0.29, 0.717) is 0 Å². The van der Waals surface area contributed by atoms with E-state index in [4.69, 9.17) is 4.55 Å². The molecular weight excluding hydrogens is 799 g/mol. The number of ketones is 3. The SMILES string of the molecule is CCCCCCCCCCCCCCCC(=O)C(NCCO)(C(=O)CCCCCCCCCCCCCCC)C(=O)CCCCCCCCCCCCCCC.COS(=O)(=O)O. The fourth-order valence-electron chi connectivity index (χ4n) is 8.48. The third kappa shape index (κ3) is 40.3. The van der Waals surface area contributed by atoms with Crippen molar-refractivity contribution in [2.45, 2.75) is 296 Å². The van der Waals surface area contributed by atoms with Gasteiger partial charge in [-0.15, -0.1) is 0 Å². The van der Waals surface area contributed by atoms with Crippen molar-refractivity contribution in [1.29, 1.82) is 0 Å². The number of β-amino-alcohol motifs (C(OH)–C–C–N with tert-alkyl or cyclic N) is 1. The molecule has 0 aliphatic rings. The van der Waals surface area contributed by atoms with E-state index >= 15 is 0 Å². The van der Waals surface area contributed by atoms with Crippen LogP contribution in [0.3, 0.4) is 0 Å². The average Bonchev–Trinajstić information content (AvgIpc) is 3.25. The van der Waals surface area contributed by atoms with Crippen LogP contribution in [0.2, 0.25) is 0 Å². The fourth-order valence-corrected chi connectivity index (χ4v) is 8.48. The summed E-state index contributed by atoms with van der Waals surface area (Å²) in [5.74, 6) is -0.768. The zero-order valence-electron chi connectivity index (χ0n) is 41.4. The highest BCUT2D eigenvalue weighted by Crippen LogP contribution is 2.24. The smallest absolute Gasteiger partial charge is 0.395 e. The largest absolute Gasteiger partial charge is 0.397 e. The Morgan fingerprint density at radius 3 is 0.742 bits per heavy atom. The predicted molar refractivity (Wildman–Crippen MR) is 262 cm³/mol. The van der Waals surface area contributed by atoms with Crippen molar-refractivity contribution in [3.63, 3.8) is 0 Å². The quantitative estimate of drug-likeness (QED) is 0.0308. The Balaban J connectivity index is 0. The van der Waals surface area contributed by atoms with E-state index in [0.717, 1.165) is 64.9 Å². The lowest BCUT2D eigenvalue weighted by atomic mass is 9.78. The normalized spacial score (nSPS) is 11.8. The van der Waals surface area contributed by atoms with Gasteiger partial charge in [0.05, 0.1) is 13.7 Å². The molecule has 0 heterocycles. The van der Waals surface area contributed by atoms with Gasteiger partial charge < -0.3 is 5.11 Å². The zero-order chi connectivity index (χ0) is 46.3. The number of aliphatic hydroxyl groups is 1. The van der Waals surface area contributed by atoms with Gasteiger partial charge in [0.15, 0.2) is 22.9 Å². The van der Waals surface area contributed by atoms with E-state index in [2.05, 4.69) is 30.3 Å². The summed E-state index contributed by atoms with van der Waals surface area (Å²) < 4.78 is 29.7. The third-order valence-corrected chi connectivity index (χ3v) is 12.9. The predicted octanol–water partition coefficient (Wildman–Crippen LogP) is 14.9. The molecule has 0 spiro atoms. The maximum absolute atomic E-state index is 14.0. The molecule has 0 aliphatic heterocycles. The monoisotopic (exact) mass is 902 g/mol. The van der Waals surface area contributed by atoms with Crippen molar-refractivity contribution in [3.05, 3.63) is 0 Å². The molecule has 0 aliphatic carbocycles. The molecule has 0 radical (unpaired) electrons. The van der Waals surface area contributed by atoms with E-state index in [-0.39, 0.29) is 49.8 Å². The summed E-state index contributed by atoms with van der Waals surface area (Å²) >= 11 is 0. The minimum Gasteiger partial charge on any atom is -0.395 e. The number of hydrogen-bond acceptors (Lipinski definition) is 8. The first kappa shape index (κ1) is 62.9. The van der Waals surface area contributed by atoms with Crippen LogP contribution in [-0.2, 0) is 29.0 Å². The molecule has 3 N–H and O–H groups in total. The number of rotatable bonds is 49. The molecule has 62 heavy (non-hydrogen) atoms. The summed E-state index contributed by atoms with van der Waals surface area (Å²) in [7, 11) is -3.29. The maximum Gasteiger partial charge on any atom is 0.397 e.